The summed E-state index contributed by atoms with van der Waals surface area (Å²) >= 11 is 0. The van der Waals surface area contributed by atoms with Gasteiger partial charge in [-0.15, -0.1) is 0 Å². The van der Waals surface area contributed by atoms with E-state index < -0.39 is 5.97 Å². The van der Waals surface area contributed by atoms with Gasteiger partial charge in [0.25, 0.3) is 0 Å². The molecule has 110 valence electrons. The van der Waals surface area contributed by atoms with Crippen LogP contribution in [0.2, 0.25) is 0 Å². The number of hydrogen-bond acceptors (Lipinski definition) is 5. The lowest BCUT2D eigenvalue weighted by molar-refractivity contribution is 0.0595. The molecule has 3 aromatic heterocycles. The highest BCUT2D eigenvalue weighted by atomic mass is 16.5. The quantitative estimate of drug-likeness (QED) is 0.589. The van der Waals surface area contributed by atoms with Crippen molar-refractivity contribution < 1.29 is 14.3 Å². The van der Waals surface area contributed by atoms with Gasteiger partial charge in [-0.05, 0) is 29.8 Å². The van der Waals surface area contributed by atoms with Crippen LogP contribution in [-0.4, -0.2) is 33.8 Å². The second kappa shape index (κ2) is 5.77. The van der Waals surface area contributed by atoms with Crippen molar-refractivity contribution in [3.05, 3.63) is 59.7 Å². The number of hydrogen-bond donors (Lipinski definition) is 1. The molecule has 0 saturated heterocycles. The summed E-state index contributed by atoms with van der Waals surface area (Å²) in [5.74, 6) is -0.482. The lowest BCUT2D eigenvalue weighted by Crippen LogP contribution is -2.04. The second-order valence-corrected chi connectivity index (χ2v) is 4.80. The summed E-state index contributed by atoms with van der Waals surface area (Å²) in [5.41, 5.74) is 2.25. The highest BCUT2D eigenvalue weighted by Crippen LogP contribution is 2.16. The summed E-state index contributed by atoms with van der Waals surface area (Å²) < 4.78 is 4.66. The highest BCUT2D eigenvalue weighted by molar-refractivity contribution is 5.98. The van der Waals surface area contributed by atoms with Gasteiger partial charge in [0, 0.05) is 36.0 Å². The van der Waals surface area contributed by atoms with Gasteiger partial charge in [-0.2, -0.15) is 0 Å². The molecule has 0 saturated carbocycles. The molecule has 0 aromatic carbocycles. The van der Waals surface area contributed by atoms with Gasteiger partial charge in [-0.25, -0.2) is 9.78 Å². The Hall–Kier alpha value is -3.02. The normalized spacial score (nSPS) is 10.6. The predicted molar refractivity (Wildman–Crippen MR) is 79.7 cm³/mol. The van der Waals surface area contributed by atoms with E-state index in [9.17, 15) is 9.59 Å². The molecule has 22 heavy (non-hydrogen) atoms. The van der Waals surface area contributed by atoms with Crippen LogP contribution in [0.5, 0.6) is 0 Å². The van der Waals surface area contributed by atoms with Gasteiger partial charge < -0.3 is 9.72 Å². The topological polar surface area (TPSA) is 84.9 Å². The first-order valence-corrected chi connectivity index (χ1v) is 6.66. The van der Waals surface area contributed by atoms with Crippen molar-refractivity contribution in [1.82, 2.24) is 15.0 Å². The largest absolute Gasteiger partial charge is 0.464 e. The molecule has 0 unspecified atom stereocenters. The third kappa shape index (κ3) is 2.71. The number of H-pyrrole nitrogens is 1. The average Bonchev–Trinajstić information content (AvgIpc) is 2.98. The number of pyridine rings is 2. The number of Topliss-reactive ketones (excluding diaryl/α,β-unsaturated/α-hetero) is 1. The molecule has 1 N–H and O–H groups in total. The first-order chi connectivity index (χ1) is 10.7. The smallest absolute Gasteiger partial charge is 0.354 e. The third-order valence-corrected chi connectivity index (χ3v) is 3.28. The zero-order chi connectivity index (χ0) is 15.5. The number of ether oxygens (including phenoxy) is 1. The van der Waals surface area contributed by atoms with Gasteiger partial charge in [0.05, 0.1) is 7.11 Å². The minimum Gasteiger partial charge on any atom is -0.464 e. The first kappa shape index (κ1) is 13.9. The first-order valence-electron chi connectivity index (χ1n) is 6.66. The molecule has 0 amide bonds. The molecule has 3 aromatic rings. The Labute approximate surface area is 126 Å². The summed E-state index contributed by atoms with van der Waals surface area (Å²) in [6.45, 7) is 0. The van der Waals surface area contributed by atoms with Crippen molar-refractivity contribution in [2.75, 3.05) is 7.11 Å². The van der Waals surface area contributed by atoms with Crippen molar-refractivity contribution in [3.8, 4) is 0 Å². The molecule has 0 radical (unpaired) electrons. The van der Waals surface area contributed by atoms with E-state index in [0.29, 0.717) is 16.9 Å². The SMILES string of the molecule is COC(=O)c1cc2cc(CC(=O)c3cccnc3)cnc2[nH]1. The van der Waals surface area contributed by atoms with Crippen LogP contribution in [-0.2, 0) is 11.2 Å². The van der Waals surface area contributed by atoms with Crippen molar-refractivity contribution >= 4 is 22.8 Å². The molecule has 0 atom stereocenters. The Kier molecular flexibility index (Phi) is 3.65. The van der Waals surface area contributed by atoms with Crippen LogP contribution in [0.15, 0.2) is 42.9 Å². The van der Waals surface area contributed by atoms with E-state index in [1.807, 2.05) is 6.07 Å². The maximum absolute atomic E-state index is 12.2. The van der Waals surface area contributed by atoms with Crippen molar-refractivity contribution in [3.63, 3.8) is 0 Å². The van der Waals surface area contributed by atoms with Gasteiger partial charge >= 0.3 is 5.97 Å². The summed E-state index contributed by atoms with van der Waals surface area (Å²) in [4.78, 5) is 34.7. The molecular formula is C16H13N3O3. The van der Waals surface area contributed by atoms with Crippen LogP contribution >= 0.6 is 0 Å². The molecule has 3 rings (SSSR count). The summed E-state index contributed by atoms with van der Waals surface area (Å²) in [5, 5.41) is 0.761. The van der Waals surface area contributed by atoms with Crippen LogP contribution in [0, 0.1) is 0 Å². The van der Waals surface area contributed by atoms with E-state index >= 15 is 0 Å². The Morgan fingerprint density at radius 1 is 1.27 bits per heavy atom. The molecule has 6 heteroatoms. The van der Waals surface area contributed by atoms with E-state index in [2.05, 4.69) is 19.7 Å². The maximum atomic E-state index is 12.2. The van der Waals surface area contributed by atoms with Gasteiger partial charge in [0.1, 0.15) is 11.3 Å². The Balaban J connectivity index is 1.86. The van der Waals surface area contributed by atoms with Crippen LogP contribution in [0.3, 0.4) is 0 Å². The summed E-state index contributed by atoms with van der Waals surface area (Å²) in [6, 6.07) is 6.95. The molecule has 0 bridgehead atoms. The van der Waals surface area contributed by atoms with Gasteiger partial charge in [-0.3, -0.25) is 9.78 Å². The maximum Gasteiger partial charge on any atom is 0.354 e. The van der Waals surface area contributed by atoms with E-state index in [1.54, 1.807) is 36.8 Å². The number of rotatable bonds is 4. The average molecular weight is 295 g/mol. The minimum atomic E-state index is -0.453. The van der Waals surface area contributed by atoms with Crippen LogP contribution < -0.4 is 0 Å². The number of nitrogens with one attached hydrogen (secondary N) is 1. The Bertz CT molecular complexity index is 840. The van der Waals surface area contributed by atoms with Crippen molar-refractivity contribution in [2.24, 2.45) is 0 Å². The molecule has 0 aliphatic heterocycles. The number of nitrogens with zero attached hydrogens (tertiary/aromatic N) is 2. The van der Waals surface area contributed by atoms with E-state index in [4.69, 9.17) is 0 Å². The molecule has 0 aliphatic carbocycles. The summed E-state index contributed by atoms with van der Waals surface area (Å²) in [6.07, 6.45) is 5.01. The highest BCUT2D eigenvalue weighted by Gasteiger charge is 2.12. The number of fused-ring (bicyclic) bond motifs is 1. The molecule has 0 fully saturated rings. The number of ketones is 1. The van der Waals surface area contributed by atoms with Crippen LogP contribution in [0.25, 0.3) is 11.0 Å². The zero-order valence-electron chi connectivity index (χ0n) is 11.9. The molecule has 6 nitrogen and oxygen atoms in total. The van der Waals surface area contributed by atoms with Gasteiger partial charge in [0.2, 0.25) is 0 Å². The van der Waals surface area contributed by atoms with E-state index in [0.717, 1.165) is 10.9 Å². The van der Waals surface area contributed by atoms with Crippen LogP contribution in [0.4, 0.5) is 0 Å². The summed E-state index contributed by atoms with van der Waals surface area (Å²) in [7, 11) is 1.32. The Morgan fingerprint density at radius 2 is 2.14 bits per heavy atom. The fourth-order valence-electron chi connectivity index (χ4n) is 2.19. The fraction of sp³-hybridized carbons (Fsp3) is 0.125. The zero-order valence-corrected chi connectivity index (χ0v) is 11.9. The number of methoxy groups -OCH3 is 1. The Morgan fingerprint density at radius 3 is 2.86 bits per heavy atom. The number of carbonyl (C=O) groups excluding carboxylic acids is 2. The monoisotopic (exact) mass is 295 g/mol. The third-order valence-electron chi connectivity index (χ3n) is 3.28. The van der Waals surface area contributed by atoms with E-state index in [1.165, 1.54) is 7.11 Å². The molecular weight excluding hydrogens is 282 g/mol. The number of esters is 1. The predicted octanol–water partition coefficient (Wildman–Crippen LogP) is 2.17. The number of aromatic amines is 1. The number of carbonyl (C=O) groups is 2. The molecule has 3 heterocycles. The van der Waals surface area contributed by atoms with Crippen molar-refractivity contribution in [2.45, 2.75) is 6.42 Å². The minimum absolute atomic E-state index is 0.0297. The van der Waals surface area contributed by atoms with Gasteiger partial charge in [0.15, 0.2) is 5.78 Å². The number of aromatic nitrogens is 3. The van der Waals surface area contributed by atoms with Gasteiger partial charge in [-0.1, -0.05) is 0 Å². The second-order valence-electron chi connectivity index (χ2n) is 4.80. The van der Waals surface area contributed by atoms with Crippen molar-refractivity contribution in [1.29, 1.82) is 0 Å². The van der Waals surface area contributed by atoms with Crippen LogP contribution in [0.1, 0.15) is 26.4 Å². The standard InChI is InChI=1S/C16H13N3O3/c1-22-16(21)13-7-12-5-10(8-18-15(12)19-13)6-14(20)11-3-2-4-17-9-11/h2-5,7-9H,6H2,1H3,(H,18,19). The lowest BCUT2D eigenvalue weighted by atomic mass is 10.1. The molecule has 0 aliphatic rings. The van der Waals surface area contributed by atoms with E-state index in [-0.39, 0.29) is 12.2 Å². The fourth-order valence-corrected chi connectivity index (χ4v) is 2.19. The lowest BCUT2D eigenvalue weighted by Gasteiger charge is -2.01. The molecule has 0 spiro atoms.